The van der Waals surface area contributed by atoms with Gasteiger partial charge in [0.05, 0.1) is 16.8 Å². The first kappa shape index (κ1) is 28.2. The Balaban J connectivity index is 1.20. The highest BCUT2D eigenvalue weighted by molar-refractivity contribution is 9.10. The molecule has 0 aliphatic carbocycles. The number of hydrazone groups is 1. The van der Waals surface area contributed by atoms with Crippen molar-refractivity contribution in [1.82, 2.24) is 5.43 Å². The fraction of sp³-hybridized carbons (Fsp3) is 0.0323. The van der Waals surface area contributed by atoms with E-state index in [2.05, 4.69) is 31.8 Å². The fourth-order valence-electron chi connectivity index (χ4n) is 3.91. The van der Waals surface area contributed by atoms with E-state index in [1.165, 1.54) is 17.6 Å². The maximum absolute atomic E-state index is 12.8. The molecule has 0 radical (unpaired) electrons. The van der Waals surface area contributed by atoms with Crippen LogP contribution in [-0.4, -0.2) is 24.0 Å². The molecule has 2 amide bonds. The number of fused-ring (bicyclic) bond motifs is 1. The lowest BCUT2D eigenvalue weighted by Crippen LogP contribution is -2.18. The van der Waals surface area contributed by atoms with Crippen molar-refractivity contribution in [3.05, 3.63) is 128 Å². The number of para-hydroxylation sites is 1. The van der Waals surface area contributed by atoms with Crippen LogP contribution in [0, 0.1) is 6.92 Å². The molecule has 0 unspecified atom stereocenters. The van der Waals surface area contributed by atoms with Gasteiger partial charge in [-0.2, -0.15) is 5.10 Å². The van der Waals surface area contributed by atoms with Gasteiger partial charge in [0, 0.05) is 31.4 Å². The number of hydrogen-bond donors (Lipinski definition) is 2. The molecule has 5 aromatic rings. The van der Waals surface area contributed by atoms with Crippen molar-refractivity contribution in [2.45, 2.75) is 6.92 Å². The van der Waals surface area contributed by atoms with Crippen LogP contribution >= 0.6 is 38.9 Å². The number of halogens is 2. The molecule has 0 atom stereocenters. The molecule has 0 saturated heterocycles. The van der Waals surface area contributed by atoms with Gasteiger partial charge in [0.2, 0.25) is 0 Å². The monoisotopic (exact) mass is 645 g/mol. The molecule has 5 rings (SSSR count). The third kappa shape index (κ3) is 6.71. The normalized spacial score (nSPS) is 11.0. The zero-order valence-corrected chi connectivity index (χ0v) is 24.6. The fourth-order valence-corrected chi connectivity index (χ4v) is 5.88. The molecule has 0 fully saturated rings. The summed E-state index contributed by atoms with van der Waals surface area (Å²) in [6, 6.07) is 26.0. The van der Waals surface area contributed by atoms with Gasteiger partial charge in [0.25, 0.3) is 11.8 Å². The number of thiophene rings is 1. The first-order chi connectivity index (χ1) is 19.8. The van der Waals surface area contributed by atoms with E-state index < -0.39 is 11.9 Å². The summed E-state index contributed by atoms with van der Waals surface area (Å²) in [5, 5.41) is 8.04. The summed E-state index contributed by atoms with van der Waals surface area (Å²) in [5.41, 5.74) is 5.20. The van der Waals surface area contributed by atoms with Gasteiger partial charge < -0.3 is 10.1 Å². The quantitative estimate of drug-likeness (QED) is 0.0814. The van der Waals surface area contributed by atoms with Crippen LogP contribution in [-0.2, 0) is 0 Å². The summed E-state index contributed by atoms with van der Waals surface area (Å²) in [5.74, 6) is -0.973. The second kappa shape index (κ2) is 12.5. The Morgan fingerprint density at radius 1 is 0.902 bits per heavy atom. The average molecular weight is 647 g/mol. The second-order valence-corrected chi connectivity index (χ2v) is 11.3. The van der Waals surface area contributed by atoms with E-state index >= 15 is 0 Å². The Labute approximate surface area is 252 Å². The molecule has 204 valence electrons. The number of nitrogens with one attached hydrogen (secondary N) is 2. The van der Waals surface area contributed by atoms with Crippen molar-refractivity contribution in [2.24, 2.45) is 5.10 Å². The molecule has 0 saturated carbocycles. The van der Waals surface area contributed by atoms with Crippen LogP contribution in [0.15, 0.2) is 101 Å². The summed E-state index contributed by atoms with van der Waals surface area (Å²) in [6.07, 6.45) is 1.40. The Morgan fingerprint density at radius 2 is 1.68 bits per heavy atom. The van der Waals surface area contributed by atoms with Gasteiger partial charge in [-0.05, 0) is 67.6 Å². The van der Waals surface area contributed by atoms with Gasteiger partial charge in [0.15, 0.2) is 0 Å². The molecule has 0 spiro atoms. The van der Waals surface area contributed by atoms with E-state index in [4.69, 9.17) is 16.3 Å². The lowest BCUT2D eigenvalue weighted by molar-refractivity contribution is 0.0733. The van der Waals surface area contributed by atoms with Gasteiger partial charge in [0.1, 0.15) is 10.6 Å². The van der Waals surface area contributed by atoms with Crippen molar-refractivity contribution >= 4 is 78.6 Å². The summed E-state index contributed by atoms with van der Waals surface area (Å²) >= 11 is 11.2. The summed E-state index contributed by atoms with van der Waals surface area (Å²) < 4.78 is 7.35. The van der Waals surface area contributed by atoms with Gasteiger partial charge >= 0.3 is 5.97 Å². The van der Waals surface area contributed by atoms with Crippen LogP contribution in [0.3, 0.4) is 0 Å². The molecule has 4 aromatic carbocycles. The van der Waals surface area contributed by atoms with Crippen molar-refractivity contribution in [3.8, 4) is 5.75 Å². The summed E-state index contributed by atoms with van der Waals surface area (Å²) in [7, 11) is 0. The van der Waals surface area contributed by atoms with Crippen LogP contribution < -0.4 is 15.5 Å². The smallest absolute Gasteiger partial charge is 0.343 e. The highest BCUT2D eigenvalue weighted by Gasteiger charge is 2.18. The van der Waals surface area contributed by atoms with Gasteiger partial charge in [-0.25, -0.2) is 10.2 Å². The third-order valence-electron chi connectivity index (χ3n) is 5.95. The maximum Gasteiger partial charge on any atom is 0.343 e. The molecule has 41 heavy (non-hydrogen) atoms. The minimum absolute atomic E-state index is 0.309. The van der Waals surface area contributed by atoms with Crippen molar-refractivity contribution < 1.29 is 19.1 Å². The number of carbonyl (C=O) groups excluding carboxylic acids is 3. The van der Waals surface area contributed by atoms with E-state index in [0.29, 0.717) is 38.0 Å². The van der Waals surface area contributed by atoms with Crippen molar-refractivity contribution in [3.63, 3.8) is 0 Å². The number of hydrogen-bond acceptors (Lipinski definition) is 6. The van der Waals surface area contributed by atoms with E-state index in [-0.39, 0.29) is 5.91 Å². The van der Waals surface area contributed by atoms with Gasteiger partial charge in [-0.1, -0.05) is 63.4 Å². The Kier molecular flexibility index (Phi) is 8.58. The van der Waals surface area contributed by atoms with Crippen LogP contribution in [0.1, 0.15) is 41.5 Å². The number of ether oxygens (including phenoxy) is 1. The SMILES string of the molecule is Cc1cccc(C(=O)Oc2ccccc2/C=N\NC(=O)c2ccc(NC(=O)c3sc4cc(Br)ccc4c3Cl)cc2)c1. The molecule has 2 N–H and O–H groups in total. The molecule has 1 heterocycles. The van der Waals surface area contributed by atoms with Crippen LogP contribution in [0.5, 0.6) is 5.75 Å². The summed E-state index contributed by atoms with van der Waals surface area (Å²) in [4.78, 5) is 38.4. The topological polar surface area (TPSA) is 96.9 Å². The van der Waals surface area contributed by atoms with Gasteiger partial charge in [-0.15, -0.1) is 11.3 Å². The Bertz CT molecular complexity index is 1820. The highest BCUT2D eigenvalue weighted by atomic mass is 79.9. The largest absolute Gasteiger partial charge is 0.422 e. The minimum atomic E-state index is -0.492. The molecule has 1 aromatic heterocycles. The second-order valence-electron chi connectivity index (χ2n) is 8.91. The average Bonchev–Trinajstić information content (AvgIpc) is 3.29. The van der Waals surface area contributed by atoms with E-state index in [1.54, 1.807) is 66.7 Å². The Hall–Kier alpha value is -4.31. The number of aryl methyl sites for hydroxylation is 1. The standard InChI is InChI=1S/C31H21BrClN3O4S/c1-18-5-4-7-20(15-18)31(39)40-25-8-3-2-6-21(25)17-34-36-29(37)19-9-12-23(13-10-19)35-30(38)28-27(33)24-14-11-22(32)16-26(24)41-28/h2-17H,1H3,(H,35,38)(H,36,37)/b34-17-. The number of nitrogens with zero attached hydrogens (tertiary/aromatic N) is 1. The number of anilines is 1. The molecule has 0 aliphatic rings. The Morgan fingerprint density at radius 3 is 2.46 bits per heavy atom. The number of rotatable bonds is 7. The third-order valence-corrected chi connectivity index (χ3v) is 8.10. The molecular formula is C31H21BrClN3O4S. The molecule has 0 aliphatic heterocycles. The highest BCUT2D eigenvalue weighted by Crippen LogP contribution is 2.37. The number of esters is 1. The first-order valence-electron chi connectivity index (χ1n) is 12.3. The van der Waals surface area contributed by atoms with Crippen molar-refractivity contribution in [1.29, 1.82) is 0 Å². The predicted molar refractivity (Wildman–Crippen MR) is 167 cm³/mol. The molecule has 7 nitrogen and oxygen atoms in total. The van der Waals surface area contributed by atoms with Crippen LogP contribution in [0.25, 0.3) is 10.1 Å². The predicted octanol–water partition coefficient (Wildman–Crippen LogP) is 7.86. The molecule has 10 heteroatoms. The lowest BCUT2D eigenvalue weighted by atomic mass is 10.1. The van der Waals surface area contributed by atoms with Crippen molar-refractivity contribution in [2.75, 3.05) is 5.32 Å². The zero-order valence-electron chi connectivity index (χ0n) is 21.5. The van der Waals surface area contributed by atoms with Crippen LogP contribution in [0.2, 0.25) is 5.02 Å². The van der Waals surface area contributed by atoms with E-state index in [9.17, 15) is 14.4 Å². The lowest BCUT2D eigenvalue weighted by Gasteiger charge is -2.08. The first-order valence-corrected chi connectivity index (χ1v) is 14.3. The zero-order chi connectivity index (χ0) is 28.9. The number of amides is 2. The molecular weight excluding hydrogens is 626 g/mol. The van der Waals surface area contributed by atoms with E-state index in [1.807, 2.05) is 31.2 Å². The van der Waals surface area contributed by atoms with E-state index in [0.717, 1.165) is 20.1 Å². The van der Waals surface area contributed by atoms with Gasteiger partial charge in [-0.3, -0.25) is 9.59 Å². The molecule has 0 bridgehead atoms. The number of benzene rings is 4. The summed E-state index contributed by atoms with van der Waals surface area (Å²) in [6.45, 7) is 1.89. The minimum Gasteiger partial charge on any atom is -0.422 e. The maximum atomic E-state index is 12.8. The number of carbonyl (C=O) groups is 3. The van der Waals surface area contributed by atoms with Crippen LogP contribution in [0.4, 0.5) is 5.69 Å².